The predicted molar refractivity (Wildman–Crippen MR) is 130 cm³/mol. The summed E-state index contributed by atoms with van der Waals surface area (Å²) < 4.78 is 33.8. The molecule has 0 spiro atoms. The van der Waals surface area contributed by atoms with E-state index < -0.39 is 10.0 Å². The van der Waals surface area contributed by atoms with Gasteiger partial charge in [-0.25, -0.2) is 8.42 Å². The van der Waals surface area contributed by atoms with Crippen LogP contribution in [0.15, 0.2) is 54.7 Å². The Morgan fingerprint density at radius 3 is 2.56 bits per heavy atom. The van der Waals surface area contributed by atoms with Gasteiger partial charge < -0.3 is 19.5 Å². The van der Waals surface area contributed by atoms with Gasteiger partial charge in [-0.3, -0.25) is 9.71 Å². The van der Waals surface area contributed by atoms with Gasteiger partial charge in [-0.05, 0) is 61.6 Å². The Kier molecular flexibility index (Phi) is 5.83. The van der Waals surface area contributed by atoms with Crippen molar-refractivity contribution in [2.45, 2.75) is 19.0 Å². The number of ether oxygens (including phenoxy) is 1. The highest BCUT2D eigenvalue weighted by molar-refractivity contribution is 7.92. The van der Waals surface area contributed by atoms with E-state index in [0.29, 0.717) is 16.5 Å². The van der Waals surface area contributed by atoms with Crippen molar-refractivity contribution >= 4 is 38.7 Å². The Bertz CT molecular complexity index is 1260. The van der Waals surface area contributed by atoms with Gasteiger partial charge in [0.15, 0.2) is 5.11 Å². The van der Waals surface area contributed by atoms with E-state index >= 15 is 0 Å². The van der Waals surface area contributed by atoms with E-state index in [9.17, 15) is 8.42 Å². The van der Waals surface area contributed by atoms with Crippen LogP contribution in [0.2, 0.25) is 0 Å². The minimum Gasteiger partial charge on any atom is -0.495 e. The zero-order chi connectivity index (χ0) is 23.0. The lowest BCUT2D eigenvalue weighted by molar-refractivity contribution is 0.417. The quantitative estimate of drug-likeness (QED) is 0.534. The molecule has 0 aliphatic carbocycles. The molecule has 3 aromatic rings. The van der Waals surface area contributed by atoms with Crippen molar-refractivity contribution in [3.05, 3.63) is 71.8 Å². The molecule has 0 amide bonds. The molecule has 0 saturated carbocycles. The molecule has 2 atom stereocenters. The summed E-state index contributed by atoms with van der Waals surface area (Å²) in [6.07, 6.45) is 2.87. The molecular weight excluding hydrogens is 446 g/mol. The summed E-state index contributed by atoms with van der Waals surface area (Å²) in [5, 5.41) is 3.94. The minimum absolute atomic E-state index is 0.190. The Balaban J connectivity index is 1.85. The highest BCUT2D eigenvalue weighted by Crippen LogP contribution is 2.43. The van der Waals surface area contributed by atoms with E-state index in [0.717, 1.165) is 29.0 Å². The molecule has 0 bridgehead atoms. The number of benzene rings is 1. The summed E-state index contributed by atoms with van der Waals surface area (Å²) in [6.45, 7) is 2.05. The molecule has 168 valence electrons. The second-order valence-corrected chi connectivity index (χ2v) is 9.85. The summed E-state index contributed by atoms with van der Waals surface area (Å²) in [5.41, 5.74) is 4.12. The third kappa shape index (κ3) is 4.15. The second-order valence-electron chi connectivity index (χ2n) is 7.71. The fourth-order valence-electron chi connectivity index (χ4n) is 3.99. The van der Waals surface area contributed by atoms with Crippen LogP contribution in [0.4, 0.5) is 11.4 Å². The molecule has 1 fully saturated rings. The molecular formula is C22H25N5O3S2. The third-order valence-corrected chi connectivity index (χ3v) is 6.47. The number of thiocarbonyl (C=S) groups is 1. The number of aryl methyl sites for hydroxylation is 1. The number of hydrogen-bond acceptors (Lipinski definition) is 5. The first-order chi connectivity index (χ1) is 15.2. The average Bonchev–Trinajstić information content (AvgIpc) is 3.26. The molecule has 2 N–H and O–H groups in total. The van der Waals surface area contributed by atoms with Gasteiger partial charge in [-0.15, -0.1) is 0 Å². The lowest BCUT2D eigenvalue weighted by atomic mass is 10.0. The minimum atomic E-state index is -3.50. The van der Waals surface area contributed by atoms with Crippen LogP contribution in [-0.4, -0.2) is 36.4 Å². The molecule has 8 nitrogen and oxygen atoms in total. The van der Waals surface area contributed by atoms with Gasteiger partial charge in [0.05, 0.1) is 30.8 Å². The van der Waals surface area contributed by atoms with Crippen molar-refractivity contribution in [1.82, 2.24) is 14.9 Å². The fraction of sp³-hybridized carbons (Fsp3) is 0.273. The normalized spacial score (nSPS) is 18.5. The molecule has 2 unspecified atom stereocenters. The highest BCUT2D eigenvalue weighted by atomic mass is 32.2. The number of methoxy groups -OCH3 is 1. The van der Waals surface area contributed by atoms with Crippen LogP contribution < -0.4 is 19.7 Å². The molecule has 1 aromatic carbocycles. The standard InChI is InChI=1S/C22H25N5O3S2/c1-14-8-10-18(26(14)2)21-20(16-7-5-6-12-23-16)24-22(31)27(21)15-9-11-19(30-3)17(13-15)25-32(4,28)29/h5-13,20-21,25H,1-4H3,(H,24,31). The number of rotatable bonds is 6. The van der Waals surface area contributed by atoms with E-state index in [1.807, 2.05) is 43.1 Å². The molecule has 0 radical (unpaired) electrons. The molecule has 1 aliphatic rings. The highest BCUT2D eigenvalue weighted by Gasteiger charge is 2.42. The molecule has 1 aliphatic heterocycles. The van der Waals surface area contributed by atoms with Gasteiger partial charge in [0, 0.05) is 30.3 Å². The van der Waals surface area contributed by atoms with Crippen LogP contribution in [0.3, 0.4) is 0 Å². The van der Waals surface area contributed by atoms with Crippen LogP contribution in [0.1, 0.15) is 29.2 Å². The summed E-state index contributed by atoms with van der Waals surface area (Å²) in [6, 6.07) is 14.9. The molecule has 3 heterocycles. The molecule has 4 rings (SSSR count). The van der Waals surface area contributed by atoms with Crippen molar-refractivity contribution in [2.75, 3.05) is 23.0 Å². The lowest BCUT2D eigenvalue weighted by Crippen LogP contribution is -2.30. The monoisotopic (exact) mass is 471 g/mol. The SMILES string of the molecule is COc1ccc(N2C(=S)NC(c3ccccn3)C2c2ccc(C)n2C)cc1NS(C)(=O)=O. The fourth-order valence-corrected chi connectivity index (χ4v) is 4.89. The number of sulfonamides is 1. The Labute approximate surface area is 193 Å². The maximum Gasteiger partial charge on any atom is 0.229 e. The predicted octanol–water partition coefficient (Wildman–Crippen LogP) is 3.29. The number of hydrogen-bond donors (Lipinski definition) is 2. The van der Waals surface area contributed by atoms with Gasteiger partial charge in [0.1, 0.15) is 11.8 Å². The van der Waals surface area contributed by atoms with Crippen LogP contribution >= 0.6 is 12.2 Å². The van der Waals surface area contributed by atoms with Crippen LogP contribution in [-0.2, 0) is 17.1 Å². The first-order valence-electron chi connectivity index (χ1n) is 9.98. The van der Waals surface area contributed by atoms with Gasteiger partial charge in [0.2, 0.25) is 10.0 Å². The Morgan fingerprint density at radius 2 is 1.97 bits per heavy atom. The van der Waals surface area contributed by atoms with Gasteiger partial charge >= 0.3 is 0 Å². The van der Waals surface area contributed by atoms with E-state index in [4.69, 9.17) is 17.0 Å². The number of anilines is 2. The zero-order valence-electron chi connectivity index (χ0n) is 18.2. The number of aromatic nitrogens is 2. The third-order valence-electron chi connectivity index (χ3n) is 5.57. The topological polar surface area (TPSA) is 88.5 Å². The van der Waals surface area contributed by atoms with Crippen LogP contribution in [0, 0.1) is 6.92 Å². The summed E-state index contributed by atoms with van der Waals surface area (Å²) in [7, 11) is 0.0179. The molecule has 2 aromatic heterocycles. The van der Waals surface area contributed by atoms with Crippen molar-refractivity contribution in [1.29, 1.82) is 0 Å². The Hall–Kier alpha value is -3.11. The molecule has 1 saturated heterocycles. The number of pyridine rings is 1. The number of nitrogens with zero attached hydrogens (tertiary/aromatic N) is 3. The van der Waals surface area contributed by atoms with E-state index in [-0.39, 0.29) is 12.1 Å². The zero-order valence-corrected chi connectivity index (χ0v) is 19.9. The average molecular weight is 472 g/mol. The van der Waals surface area contributed by atoms with Crippen LogP contribution in [0.5, 0.6) is 5.75 Å². The molecule has 32 heavy (non-hydrogen) atoms. The number of nitrogens with one attached hydrogen (secondary N) is 2. The van der Waals surface area contributed by atoms with E-state index in [1.54, 1.807) is 18.3 Å². The van der Waals surface area contributed by atoms with E-state index in [1.165, 1.54) is 7.11 Å². The van der Waals surface area contributed by atoms with E-state index in [2.05, 4.69) is 31.7 Å². The maximum absolute atomic E-state index is 11.9. The van der Waals surface area contributed by atoms with Crippen molar-refractivity contribution in [2.24, 2.45) is 7.05 Å². The summed E-state index contributed by atoms with van der Waals surface area (Å²) in [5.74, 6) is 0.421. The summed E-state index contributed by atoms with van der Waals surface area (Å²) >= 11 is 5.75. The van der Waals surface area contributed by atoms with Crippen molar-refractivity contribution in [3.63, 3.8) is 0 Å². The first kappa shape index (κ1) is 22.1. The summed E-state index contributed by atoms with van der Waals surface area (Å²) in [4.78, 5) is 6.56. The van der Waals surface area contributed by atoms with Crippen molar-refractivity contribution < 1.29 is 13.2 Å². The smallest absolute Gasteiger partial charge is 0.229 e. The van der Waals surface area contributed by atoms with Crippen molar-refractivity contribution in [3.8, 4) is 5.75 Å². The van der Waals surface area contributed by atoms with Gasteiger partial charge in [-0.2, -0.15) is 0 Å². The lowest BCUT2D eigenvalue weighted by Gasteiger charge is -2.29. The van der Waals surface area contributed by atoms with Gasteiger partial charge in [-0.1, -0.05) is 6.07 Å². The first-order valence-corrected chi connectivity index (χ1v) is 12.3. The van der Waals surface area contributed by atoms with Crippen LogP contribution in [0.25, 0.3) is 0 Å². The Morgan fingerprint density at radius 1 is 1.19 bits per heavy atom. The maximum atomic E-state index is 11.9. The largest absolute Gasteiger partial charge is 0.495 e. The second kappa shape index (κ2) is 8.44. The van der Waals surface area contributed by atoms with Gasteiger partial charge in [0.25, 0.3) is 0 Å². The molecule has 10 heteroatoms.